The van der Waals surface area contributed by atoms with Crippen molar-refractivity contribution in [2.24, 2.45) is 0 Å². The Morgan fingerprint density at radius 2 is 2.12 bits per heavy atom. The average molecular weight is 368 g/mol. The van der Waals surface area contributed by atoms with Crippen LogP contribution < -0.4 is 4.74 Å². The van der Waals surface area contributed by atoms with E-state index in [0.717, 1.165) is 17.7 Å². The molecule has 1 heterocycles. The van der Waals surface area contributed by atoms with Crippen LogP contribution in [0.5, 0.6) is 5.75 Å². The lowest BCUT2D eigenvalue weighted by atomic mass is 10.2. The Balaban J connectivity index is 2.02. The first-order valence-electron chi connectivity index (χ1n) is 7.88. The molecule has 0 aliphatic heterocycles. The van der Waals surface area contributed by atoms with Gasteiger partial charge in [0.15, 0.2) is 12.3 Å². The maximum Gasteiger partial charge on any atom is 0.416 e. The highest BCUT2D eigenvalue weighted by atomic mass is 19.4. The number of nitrogens with zero attached hydrogens (tertiary/aromatic N) is 2. The van der Waals surface area contributed by atoms with Crippen LogP contribution in [0.3, 0.4) is 0 Å². The van der Waals surface area contributed by atoms with Crippen LogP contribution in [-0.4, -0.2) is 28.9 Å². The molecular weight excluding hydrogens is 349 g/mol. The zero-order valence-corrected chi connectivity index (χ0v) is 14.5. The second-order valence-electron chi connectivity index (χ2n) is 5.72. The smallest absolute Gasteiger partial charge is 0.416 e. The normalized spacial score (nSPS) is 11.3. The van der Waals surface area contributed by atoms with Crippen LogP contribution in [0, 0.1) is 0 Å². The van der Waals surface area contributed by atoms with E-state index < -0.39 is 11.7 Å². The molecule has 1 aromatic carbocycles. The molecule has 0 aliphatic rings. The summed E-state index contributed by atoms with van der Waals surface area (Å²) in [7, 11) is 0. The molecule has 1 amide bonds. The van der Waals surface area contributed by atoms with Crippen LogP contribution in [0.15, 0.2) is 47.1 Å². The molecule has 2 rings (SSSR count). The van der Waals surface area contributed by atoms with E-state index in [9.17, 15) is 18.0 Å². The minimum absolute atomic E-state index is 0.0309. The molecule has 0 spiro atoms. The van der Waals surface area contributed by atoms with Gasteiger partial charge in [-0.05, 0) is 32.0 Å². The van der Waals surface area contributed by atoms with Gasteiger partial charge in [-0.15, -0.1) is 0 Å². The fourth-order valence-electron chi connectivity index (χ4n) is 2.20. The molecule has 0 saturated carbocycles. The summed E-state index contributed by atoms with van der Waals surface area (Å²) in [5, 5.41) is 0. The van der Waals surface area contributed by atoms with Crippen molar-refractivity contribution in [1.29, 1.82) is 0 Å². The molecule has 0 saturated heterocycles. The van der Waals surface area contributed by atoms with Gasteiger partial charge in [0.05, 0.1) is 5.56 Å². The van der Waals surface area contributed by atoms with Gasteiger partial charge in [0, 0.05) is 13.1 Å². The van der Waals surface area contributed by atoms with Gasteiger partial charge in [0.2, 0.25) is 5.89 Å². The number of likely N-dealkylation sites (N-methyl/N-ethyl adjacent to an activating group) is 1. The summed E-state index contributed by atoms with van der Waals surface area (Å²) in [5.74, 6) is -0.190. The van der Waals surface area contributed by atoms with Crippen molar-refractivity contribution in [3.05, 3.63) is 59.8 Å². The summed E-state index contributed by atoms with van der Waals surface area (Å²) in [4.78, 5) is 17.9. The van der Waals surface area contributed by atoms with E-state index in [-0.39, 0.29) is 29.8 Å². The predicted molar refractivity (Wildman–Crippen MR) is 88.7 cm³/mol. The number of carbonyl (C=O) groups excluding carboxylic acids is 1. The molecule has 2 aromatic rings. The van der Waals surface area contributed by atoms with Crippen LogP contribution in [0.25, 0.3) is 0 Å². The Kier molecular flexibility index (Phi) is 6.07. The monoisotopic (exact) mass is 368 g/mol. The predicted octanol–water partition coefficient (Wildman–Crippen LogP) is 4.31. The van der Waals surface area contributed by atoms with E-state index in [1.54, 1.807) is 4.90 Å². The molecule has 0 fully saturated rings. The van der Waals surface area contributed by atoms with Crippen molar-refractivity contribution in [2.75, 3.05) is 13.1 Å². The highest BCUT2D eigenvalue weighted by Gasteiger charge is 2.30. The van der Waals surface area contributed by atoms with Gasteiger partial charge in [0.25, 0.3) is 5.91 Å². The van der Waals surface area contributed by atoms with E-state index >= 15 is 0 Å². The topological polar surface area (TPSA) is 55.6 Å². The maximum atomic E-state index is 12.7. The van der Waals surface area contributed by atoms with Crippen molar-refractivity contribution in [3.63, 3.8) is 0 Å². The number of amides is 1. The van der Waals surface area contributed by atoms with Crippen LogP contribution in [0.4, 0.5) is 13.2 Å². The molecule has 26 heavy (non-hydrogen) atoms. The van der Waals surface area contributed by atoms with E-state index in [4.69, 9.17) is 9.15 Å². The highest BCUT2D eigenvalue weighted by molar-refractivity contribution is 5.92. The number of rotatable bonds is 7. The third kappa shape index (κ3) is 5.11. The zero-order chi connectivity index (χ0) is 19.3. The van der Waals surface area contributed by atoms with E-state index in [0.29, 0.717) is 13.1 Å². The molecule has 0 N–H and O–H groups in total. The third-order valence-corrected chi connectivity index (χ3v) is 3.42. The van der Waals surface area contributed by atoms with Gasteiger partial charge in [-0.1, -0.05) is 18.2 Å². The molecule has 0 radical (unpaired) electrons. The number of alkyl halides is 3. The summed E-state index contributed by atoms with van der Waals surface area (Å²) in [6, 6.07) is 4.49. The number of benzene rings is 1. The summed E-state index contributed by atoms with van der Waals surface area (Å²) in [6.45, 7) is 8.11. The zero-order valence-electron chi connectivity index (χ0n) is 14.5. The van der Waals surface area contributed by atoms with Gasteiger partial charge in [-0.25, -0.2) is 4.98 Å². The number of aromatic nitrogens is 1. The first kappa shape index (κ1) is 19.6. The van der Waals surface area contributed by atoms with Gasteiger partial charge in [-0.3, -0.25) is 4.79 Å². The van der Waals surface area contributed by atoms with Gasteiger partial charge < -0.3 is 14.1 Å². The first-order chi connectivity index (χ1) is 12.2. The standard InChI is InChI=1S/C18H19F3N2O3/c1-4-23(9-12(2)3)17(24)15-10-26-16(22-15)11-25-14-7-5-6-13(8-14)18(19,20)21/h5-8,10H,2,4,9,11H2,1,3H3. The van der Waals surface area contributed by atoms with Crippen molar-refractivity contribution in [1.82, 2.24) is 9.88 Å². The second kappa shape index (κ2) is 8.07. The molecule has 0 unspecified atom stereocenters. The molecule has 0 bridgehead atoms. The Bertz CT molecular complexity index is 784. The first-order valence-corrected chi connectivity index (χ1v) is 7.88. The summed E-state index contributed by atoms with van der Waals surface area (Å²) in [6.07, 6.45) is -3.25. The minimum atomic E-state index is -4.45. The fraction of sp³-hybridized carbons (Fsp3) is 0.333. The van der Waals surface area contributed by atoms with E-state index in [1.165, 1.54) is 18.4 Å². The molecular formula is C18H19F3N2O3. The van der Waals surface area contributed by atoms with Crippen molar-refractivity contribution < 1.29 is 27.1 Å². The maximum absolute atomic E-state index is 12.7. The Labute approximate surface area is 149 Å². The average Bonchev–Trinajstić information content (AvgIpc) is 3.05. The molecule has 0 aliphatic carbocycles. The molecule has 1 aromatic heterocycles. The SMILES string of the molecule is C=C(C)CN(CC)C(=O)c1coc(COc2cccc(C(F)(F)F)c2)n1. The van der Waals surface area contributed by atoms with Gasteiger partial charge in [-0.2, -0.15) is 13.2 Å². The number of oxazole rings is 1. The number of hydrogen-bond acceptors (Lipinski definition) is 4. The number of ether oxygens (including phenoxy) is 1. The molecule has 8 heteroatoms. The van der Waals surface area contributed by atoms with Crippen molar-refractivity contribution in [2.45, 2.75) is 26.6 Å². The number of halogens is 3. The lowest BCUT2D eigenvalue weighted by molar-refractivity contribution is -0.137. The summed E-state index contributed by atoms with van der Waals surface area (Å²) >= 11 is 0. The van der Waals surface area contributed by atoms with Crippen LogP contribution in [0.1, 0.15) is 35.8 Å². The second-order valence-corrected chi connectivity index (χ2v) is 5.72. The Hall–Kier alpha value is -2.77. The largest absolute Gasteiger partial charge is 0.484 e. The van der Waals surface area contributed by atoms with Gasteiger partial charge >= 0.3 is 6.18 Å². The van der Waals surface area contributed by atoms with Crippen molar-refractivity contribution >= 4 is 5.91 Å². The minimum Gasteiger partial charge on any atom is -0.484 e. The van der Waals surface area contributed by atoms with Gasteiger partial charge in [0.1, 0.15) is 12.0 Å². The third-order valence-electron chi connectivity index (χ3n) is 3.42. The lowest BCUT2D eigenvalue weighted by Crippen LogP contribution is -2.32. The summed E-state index contributed by atoms with van der Waals surface area (Å²) < 4.78 is 48.5. The lowest BCUT2D eigenvalue weighted by Gasteiger charge is -2.19. The Morgan fingerprint density at radius 3 is 2.73 bits per heavy atom. The van der Waals surface area contributed by atoms with E-state index in [2.05, 4.69) is 11.6 Å². The number of carbonyl (C=O) groups is 1. The van der Waals surface area contributed by atoms with Crippen molar-refractivity contribution in [3.8, 4) is 5.75 Å². The van der Waals surface area contributed by atoms with Crippen LogP contribution in [-0.2, 0) is 12.8 Å². The van der Waals surface area contributed by atoms with Crippen LogP contribution >= 0.6 is 0 Å². The quantitative estimate of drug-likeness (QED) is 0.684. The molecule has 0 atom stereocenters. The Morgan fingerprint density at radius 1 is 1.38 bits per heavy atom. The molecule has 5 nitrogen and oxygen atoms in total. The fourth-order valence-corrected chi connectivity index (χ4v) is 2.20. The summed E-state index contributed by atoms with van der Waals surface area (Å²) in [5.41, 5.74) is 0.129. The van der Waals surface area contributed by atoms with E-state index in [1.807, 2.05) is 13.8 Å². The highest BCUT2D eigenvalue weighted by Crippen LogP contribution is 2.31. The molecule has 140 valence electrons. The van der Waals surface area contributed by atoms with Crippen LogP contribution in [0.2, 0.25) is 0 Å². The number of hydrogen-bond donors (Lipinski definition) is 0.